The molecule has 1 saturated heterocycles. The Balaban J connectivity index is 1.41. The van der Waals surface area contributed by atoms with E-state index in [-0.39, 0.29) is 10.8 Å². The zero-order valence-corrected chi connectivity index (χ0v) is 15.6. The number of sulfonamides is 1. The van der Waals surface area contributed by atoms with E-state index in [9.17, 15) is 12.8 Å². The van der Waals surface area contributed by atoms with Crippen molar-refractivity contribution in [3.63, 3.8) is 0 Å². The van der Waals surface area contributed by atoms with E-state index in [1.165, 1.54) is 29.3 Å². The fourth-order valence-electron chi connectivity index (χ4n) is 3.89. The fraction of sp³-hybridized carbons (Fsp3) is 0.556. The Morgan fingerprint density at radius 1 is 1.23 bits per heavy atom. The SMILES string of the molecule is Cc1ccc(S(=O)(=O)N2CC(Cc3nncn3C3CCCC3)C2)cc1F. The van der Waals surface area contributed by atoms with Gasteiger partial charge in [0.05, 0.1) is 4.90 Å². The molecule has 0 amide bonds. The molecule has 0 N–H and O–H groups in total. The minimum Gasteiger partial charge on any atom is -0.314 e. The van der Waals surface area contributed by atoms with Crippen LogP contribution in [0.2, 0.25) is 0 Å². The van der Waals surface area contributed by atoms with Gasteiger partial charge in [-0.1, -0.05) is 18.9 Å². The molecule has 2 heterocycles. The largest absolute Gasteiger partial charge is 0.314 e. The van der Waals surface area contributed by atoms with Crippen molar-refractivity contribution in [1.82, 2.24) is 19.1 Å². The highest BCUT2D eigenvalue weighted by atomic mass is 32.2. The number of benzene rings is 1. The molecule has 4 rings (SSSR count). The first-order valence-electron chi connectivity index (χ1n) is 9.10. The summed E-state index contributed by atoms with van der Waals surface area (Å²) >= 11 is 0. The normalized spacial score (nSPS) is 19.8. The van der Waals surface area contributed by atoms with Crippen LogP contribution in [0.5, 0.6) is 0 Å². The van der Waals surface area contributed by atoms with E-state index in [1.54, 1.807) is 13.3 Å². The van der Waals surface area contributed by atoms with Gasteiger partial charge in [-0.2, -0.15) is 4.31 Å². The molecule has 1 aliphatic carbocycles. The van der Waals surface area contributed by atoms with Crippen LogP contribution in [0.25, 0.3) is 0 Å². The maximum Gasteiger partial charge on any atom is 0.243 e. The highest BCUT2D eigenvalue weighted by Gasteiger charge is 2.37. The van der Waals surface area contributed by atoms with Crippen LogP contribution in [0.3, 0.4) is 0 Å². The summed E-state index contributed by atoms with van der Waals surface area (Å²) in [6.07, 6.45) is 7.33. The smallest absolute Gasteiger partial charge is 0.243 e. The quantitative estimate of drug-likeness (QED) is 0.802. The Labute approximate surface area is 153 Å². The Morgan fingerprint density at radius 3 is 2.65 bits per heavy atom. The maximum absolute atomic E-state index is 13.7. The number of aryl methyl sites for hydroxylation is 1. The van der Waals surface area contributed by atoms with Crippen LogP contribution in [0.15, 0.2) is 29.4 Å². The first kappa shape index (κ1) is 17.6. The van der Waals surface area contributed by atoms with E-state index in [0.717, 1.165) is 31.2 Å². The summed E-state index contributed by atoms with van der Waals surface area (Å²) < 4.78 is 42.6. The monoisotopic (exact) mass is 378 g/mol. The van der Waals surface area contributed by atoms with Crippen LogP contribution < -0.4 is 0 Å². The molecular weight excluding hydrogens is 355 g/mol. The number of hydrogen-bond donors (Lipinski definition) is 0. The molecule has 140 valence electrons. The number of hydrogen-bond acceptors (Lipinski definition) is 4. The summed E-state index contributed by atoms with van der Waals surface area (Å²) in [7, 11) is -3.63. The van der Waals surface area contributed by atoms with Crippen molar-refractivity contribution in [2.24, 2.45) is 5.92 Å². The third kappa shape index (κ3) is 3.16. The molecular formula is C18H23FN4O2S. The van der Waals surface area contributed by atoms with Gasteiger partial charge in [0.25, 0.3) is 0 Å². The fourth-order valence-corrected chi connectivity index (χ4v) is 5.49. The van der Waals surface area contributed by atoms with E-state index < -0.39 is 15.8 Å². The van der Waals surface area contributed by atoms with E-state index in [0.29, 0.717) is 24.7 Å². The summed E-state index contributed by atoms with van der Waals surface area (Å²) in [5, 5.41) is 8.30. The lowest BCUT2D eigenvalue weighted by atomic mass is 9.99. The standard InChI is InChI=1S/C18H23FN4O2S/c1-13-6-7-16(9-17(13)19)26(24,25)22-10-14(11-22)8-18-21-20-12-23(18)15-4-2-3-5-15/h6-7,9,12,14-15H,2-5,8,10-11H2,1H3. The molecule has 1 saturated carbocycles. The minimum absolute atomic E-state index is 0.0215. The van der Waals surface area contributed by atoms with Crippen molar-refractivity contribution in [2.45, 2.75) is 50.0 Å². The van der Waals surface area contributed by atoms with Gasteiger partial charge >= 0.3 is 0 Å². The van der Waals surface area contributed by atoms with E-state index in [4.69, 9.17) is 0 Å². The van der Waals surface area contributed by atoms with Crippen LogP contribution in [0.1, 0.15) is 43.1 Å². The van der Waals surface area contributed by atoms with Gasteiger partial charge in [0.1, 0.15) is 18.0 Å². The second-order valence-corrected chi connectivity index (χ2v) is 9.33. The van der Waals surface area contributed by atoms with Gasteiger partial charge < -0.3 is 4.57 Å². The summed E-state index contributed by atoms with van der Waals surface area (Å²) in [6.45, 7) is 2.50. The van der Waals surface area contributed by atoms with Crippen LogP contribution in [-0.4, -0.2) is 40.6 Å². The zero-order valence-electron chi connectivity index (χ0n) is 14.8. The molecule has 1 aromatic carbocycles. The van der Waals surface area contributed by atoms with Crippen LogP contribution in [0.4, 0.5) is 4.39 Å². The van der Waals surface area contributed by atoms with Crippen molar-refractivity contribution >= 4 is 10.0 Å². The number of aromatic nitrogens is 3. The Morgan fingerprint density at radius 2 is 1.96 bits per heavy atom. The lowest BCUT2D eigenvalue weighted by Crippen LogP contribution is -2.50. The topological polar surface area (TPSA) is 68.1 Å². The average molecular weight is 378 g/mol. The van der Waals surface area contributed by atoms with Crippen molar-refractivity contribution in [3.05, 3.63) is 41.7 Å². The van der Waals surface area contributed by atoms with Gasteiger partial charge in [0, 0.05) is 25.6 Å². The summed E-state index contributed by atoms with van der Waals surface area (Å²) in [5.74, 6) is 0.678. The van der Waals surface area contributed by atoms with Gasteiger partial charge in [0.15, 0.2) is 0 Å². The summed E-state index contributed by atoms with van der Waals surface area (Å²) in [5.41, 5.74) is 0.441. The van der Waals surface area contributed by atoms with E-state index >= 15 is 0 Å². The van der Waals surface area contributed by atoms with E-state index in [2.05, 4.69) is 14.8 Å². The van der Waals surface area contributed by atoms with E-state index in [1.807, 2.05) is 0 Å². The number of nitrogens with zero attached hydrogens (tertiary/aromatic N) is 4. The third-order valence-electron chi connectivity index (χ3n) is 5.54. The predicted octanol–water partition coefficient (Wildman–Crippen LogP) is 2.70. The predicted molar refractivity (Wildman–Crippen MR) is 94.6 cm³/mol. The second-order valence-electron chi connectivity index (χ2n) is 7.40. The Hall–Kier alpha value is -1.80. The first-order valence-corrected chi connectivity index (χ1v) is 10.5. The highest BCUT2D eigenvalue weighted by Crippen LogP contribution is 2.32. The van der Waals surface area contributed by atoms with Gasteiger partial charge in [-0.3, -0.25) is 0 Å². The Kier molecular flexibility index (Phi) is 4.56. The average Bonchev–Trinajstić information content (AvgIpc) is 3.23. The van der Waals surface area contributed by atoms with Crippen molar-refractivity contribution in [3.8, 4) is 0 Å². The van der Waals surface area contributed by atoms with Gasteiger partial charge in [-0.15, -0.1) is 10.2 Å². The van der Waals surface area contributed by atoms with Crippen LogP contribution in [0, 0.1) is 18.7 Å². The lowest BCUT2D eigenvalue weighted by molar-refractivity contribution is 0.195. The molecule has 26 heavy (non-hydrogen) atoms. The Bertz CT molecular complexity index is 900. The molecule has 0 atom stereocenters. The third-order valence-corrected chi connectivity index (χ3v) is 7.37. The van der Waals surface area contributed by atoms with Gasteiger partial charge in [0.2, 0.25) is 10.0 Å². The van der Waals surface area contributed by atoms with Gasteiger partial charge in [-0.25, -0.2) is 12.8 Å². The molecule has 0 radical (unpaired) electrons. The number of halogens is 1. The van der Waals surface area contributed by atoms with Gasteiger partial charge in [-0.05, 0) is 43.4 Å². The van der Waals surface area contributed by atoms with Crippen molar-refractivity contribution in [1.29, 1.82) is 0 Å². The molecule has 2 aromatic rings. The minimum atomic E-state index is -3.63. The lowest BCUT2D eigenvalue weighted by Gasteiger charge is -2.38. The summed E-state index contributed by atoms with van der Waals surface area (Å²) in [4.78, 5) is 0.0215. The molecule has 6 nitrogen and oxygen atoms in total. The summed E-state index contributed by atoms with van der Waals surface area (Å²) in [6, 6.07) is 4.56. The number of rotatable bonds is 5. The molecule has 0 unspecified atom stereocenters. The first-order chi connectivity index (χ1) is 12.4. The second kappa shape index (κ2) is 6.74. The highest BCUT2D eigenvalue weighted by molar-refractivity contribution is 7.89. The maximum atomic E-state index is 13.7. The molecule has 0 spiro atoms. The molecule has 1 aromatic heterocycles. The molecule has 8 heteroatoms. The van der Waals surface area contributed by atoms with Crippen LogP contribution >= 0.6 is 0 Å². The molecule has 0 bridgehead atoms. The molecule has 2 fully saturated rings. The molecule has 2 aliphatic rings. The van der Waals surface area contributed by atoms with Crippen LogP contribution in [-0.2, 0) is 16.4 Å². The molecule has 1 aliphatic heterocycles. The van der Waals surface area contributed by atoms with Crippen molar-refractivity contribution in [2.75, 3.05) is 13.1 Å². The van der Waals surface area contributed by atoms with Crippen molar-refractivity contribution < 1.29 is 12.8 Å². The zero-order chi connectivity index (χ0) is 18.3.